The van der Waals surface area contributed by atoms with Crippen LogP contribution >= 0.6 is 0 Å². The van der Waals surface area contributed by atoms with Crippen LogP contribution in [0.25, 0.3) is 10.9 Å². The molecule has 1 aromatic heterocycles. The average Bonchev–Trinajstić information content (AvgIpc) is 2.72. The summed E-state index contributed by atoms with van der Waals surface area (Å²) in [5, 5.41) is 13.0. The lowest BCUT2D eigenvalue weighted by Gasteiger charge is -2.19. The van der Waals surface area contributed by atoms with Crippen molar-refractivity contribution < 1.29 is 4.79 Å². The van der Waals surface area contributed by atoms with Crippen molar-refractivity contribution in [3.05, 3.63) is 78.0 Å². The Morgan fingerprint density at radius 2 is 1.85 bits per heavy atom. The Morgan fingerprint density at radius 1 is 1.07 bits per heavy atom. The first-order valence-corrected chi connectivity index (χ1v) is 9.32. The molecule has 1 amide bonds. The van der Waals surface area contributed by atoms with Gasteiger partial charge in [-0.05, 0) is 42.5 Å². The highest BCUT2D eigenvalue weighted by atomic mass is 16.1. The van der Waals surface area contributed by atoms with Gasteiger partial charge >= 0.3 is 0 Å². The summed E-state index contributed by atoms with van der Waals surface area (Å²) in [6, 6.07) is 22.1. The molecule has 136 valence electrons. The lowest BCUT2D eigenvalue weighted by atomic mass is 10.00. The molecule has 3 aromatic rings. The van der Waals surface area contributed by atoms with Gasteiger partial charge < -0.3 is 5.32 Å². The van der Waals surface area contributed by atoms with Gasteiger partial charge in [-0.3, -0.25) is 9.78 Å². The summed E-state index contributed by atoms with van der Waals surface area (Å²) in [7, 11) is 0. The molecule has 1 N–H and O–H groups in total. The molecule has 0 aliphatic rings. The monoisotopic (exact) mass is 357 g/mol. The number of nitrogens with one attached hydrogen (secondary N) is 1. The highest BCUT2D eigenvalue weighted by molar-refractivity contribution is 5.83. The van der Waals surface area contributed by atoms with E-state index in [1.54, 1.807) is 6.20 Å². The van der Waals surface area contributed by atoms with Gasteiger partial charge in [-0.25, -0.2) is 0 Å². The molecular weight excluding hydrogens is 334 g/mol. The van der Waals surface area contributed by atoms with E-state index < -0.39 is 0 Å². The Kier molecular flexibility index (Phi) is 6.54. The van der Waals surface area contributed by atoms with Crippen LogP contribution in [0.1, 0.15) is 42.9 Å². The van der Waals surface area contributed by atoms with Gasteiger partial charge in [0.15, 0.2) is 0 Å². The van der Waals surface area contributed by atoms with Crippen molar-refractivity contribution in [1.29, 1.82) is 5.26 Å². The number of carbonyl (C=O) groups is 1. The predicted octanol–water partition coefficient (Wildman–Crippen LogP) is 4.72. The molecule has 0 fully saturated rings. The summed E-state index contributed by atoms with van der Waals surface area (Å²) >= 11 is 0. The van der Waals surface area contributed by atoms with E-state index in [1.807, 2.05) is 60.7 Å². The number of pyridine rings is 1. The van der Waals surface area contributed by atoms with Gasteiger partial charge in [-0.2, -0.15) is 5.26 Å². The number of nitrogens with zero attached hydrogens (tertiary/aromatic N) is 2. The van der Waals surface area contributed by atoms with Crippen LogP contribution in [0.3, 0.4) is 0 Å². The minimum atomic E-state index is -0.0544. The molecule has 27 heavy (non-hydrogen) atoms. The Bertz CT molecular complexity index is 926. The van der Waals surface area contributed by atoms with Crippen LogP contribution < -0.4 is 5.32 Å². The van der Waals surface area contributed by atoms with E-state index in [-0.39, 0.29) is 11.9 Å². The molecule has 0 bridgehead atoms. The fourth-order valence-corrected chi connectivity index (χ4v) is 3.28. The first kappa shape index (κ1) is 18.6. The normalized spacial score (nSPS) is 11.7. The molecule has 1 unspecified atom stereocenters. The minimum absolute atomic E-state index is 0.0294. The van der Waals surface area contributed by atoms with Crippen molar-refractivity contribution in [2.75, 3.05) is 0 Å². The molecule has 1 heterocycles. The van der Waals surface area contributed by atoms with Crippen LogP contribution in [-0.4, -0.2) is 10.9 Å². The van der Waals surface area contributed by atoms with E-state index in [2.05, 4.69) is 16.4 Å². The highest BCUT2D eigenvalue weighted by Gasteiger charge is 2.14. The molecule has 1 atom stereocenters. The second-order valence-electron chi connectivity index (χ2n) is 6.57. The fraction of sp³-hybridized carbons (Fsp3) is 0.261. The number of para-hydroxylation sites is 1. The van der Waals surface area contributed by atoms with Gasteiger partial charge in [-0.1, -0.05) is 48.5 Å². The van der Waals surface area contributed by atoms with Crippen LogP contribution in [0.15, 0.2) is 66.9 Å². The van der Waals surface area contributed by atoms with E-state index >= 15 is 0 Å². The molecule has 0 saturated heterocycles. The topological polar surface area (TPSA) is 65.8 Å². The third-order valence-electron chi connectivity index (χ3n) is 4.68. The lowest BCUT2D eigenvalue weighted by Crippen LogP contribution is -2.28. The Hall–Kier alpha value is -3.19. The van der Waals surface area contributed by atoms with Crippen molar-refractivity contribution in [3.8, 4) is 6.07 Å². The summed E-state index contributed by atoms with van der Waals surface area (Å²) in [6.07, 6.45) is 4.93. The second kappa shape index (κ2) is 9.49. The first-order valence-electron chi connectivity index (χ1n) is 9.32. The van der Waals surface area contributed by atoms with E-state index in [0.717, 1.165) is 34.9 Å². The van der Waals surface area contributed by atoms with Gasteiger partial charge in [0.05, 0.1) is 17.6 Å². The van der Waals surface area contributed by atoms with Crippen molar-refractivity contribution >= 4 is 16.8 Å². The number of hydrogen-bond donors (Lipinski definition) is 1. The Morgan fingerprint density at radius 3 is 2.67 bits per heavy atom. The standard InChI is InChI=1S/C23H23N3O/c24-16-7-6-11-21(19-8-2-1-3-9-19)26-23(27)14-13-18-15-17-25-22-12-5-4-10-20(18)22/h1-5,8-10,12,15,17,21H,6-7,11,13-14H2,(H,26,27). The Labute approximate surface area is 159 Å². The van der Waals surface area contributed by atoms with E-state index in [4.69, 9.17) is 5.26 Å². The maximum Gasteiger partial charge on any atom is 0.220 e. The molecular formula is C23H23N3O. The van der Waals surface area contributed by atoms with Crippen molar-refractivity contribution in [1.82, 2.24) is 10.3 Å². The number of nitriles is 1. The summed E-state index contributed by atoms with van der Waals surface area (Å²) in [5.74, 6) is 0.0294. The van der Waals surface area contributed by atoms with E-state index in [1.165, 1.54) is 0 Å². The molecule has 4 nitrogen and oxygen atoms in total. The smallest absolute Gasteiger partial charge is 0.220 e. The van der Waals surface area contributed by atoms with Gasteiger partial charge in [-0.15, -0.1) is 0 Å². The maximum atomic E-state index is 12.6. The number of aromatic nitrogens is 1. The molecule has 0 saturated carbocycles. The van der Waals surface area contributed by atoms with Gasteiger partial charge in [0, 0.05) is 24.4 Å². The molecule has 0 aliphatic carbocycles. The van der Waals surface area contributed by atoms with E-state index in [0.29, 0.717) is 19.3 Å². The number of rotatable bonds is 8. The van der Waals surface area contributed by atoms with Crippen molar-refractivity contribution in [3.63, 3.8) is 0 Å². The summed E-state index contributed by atoms with van der Waals surface area (Å²) < 4.78 is 0. The minimum Gasteiger partial charge on any atom is -0.349 e. The van der Waals surface area contributed by atoms with Gasteiger partial charge in [0.1, 0.15) is 0 Å². The largest absolute Gasteiger partial charge is 0.349 e. The average molecular weight is 357 g/mol. The Balaban J connectivity index is 1.64. The number of fused-ring (bicyclic) bond motifs is 1. The number of carbonyl (C=O) groups excluding carboxylic acids is 1. The number of hydrogen-bond acceptors (Lipinski definition) is 3. The van der Waals surface area contributed by atoms with Crippen molar-refractivity contribution in [2.45, 2.75) is 38.1 Å². The number of unbranched alkanes of at least 4 members (excludes halogenated alkanes) is 1. The van der Waals surface area contributed by atoms with Gasteiger partial charge in [0.25, 0.3) is 0 Å². The third kappa shape index (κ3) is 5.15. The number of benzene rings is 2. The maximum absolute atomic E-state index is 12.6. The number of aryl methyl sites for hydroxylation is 1. The molecule has 4 heteroatoms. The fourth-order valence-electron chi connectivity index (χ4n) is 3.28. The predicted molar refractivity (Wildman–Crippen MR) is 107 cm³/mol. The van der Waals surface area contributed by atoms with Crippen LogP contribution in [0.2, 0.25) is 0 Å². The van der Waals surface area contributed by atoms with Crippen molar-refractivity contribution in [2.24, 2.45) is 0 Å². The second-order valence-corrected chi connectivity index (χ2v) is 6.57. The SMILES string of the molecule is N#CCCCC(NC(=O)CCc1ccnc2ccccc12)c1ccccc1. The molecule has 0 aliphatic heterocycles. The molecule has 0 spiro atoms. The quantitative estimate of drug-likeness (QED) is 0.593. The zero-order chi connectivity index (χ0) is 18.9. The summed E-state index contributed by atoms with van der Waals surface area (Å²) in [6.45, 7) is 0. The summed E-state index contributed by atoms with van der Waals surface area (Å²) in [4.78, 5) is 16.9. The van der Waals surface area contributed by atoms with E-state index in [9.17, 15) is 4.79 Å². The van der Waals surface area contributed by atoms with Gasteiger partial charge in [0.2, 0.25) is 5.91 Å². The highest BCUT2D eigenvalue weighted by Crippen LogP contribution is 2.21. The van der Waals surface area contributed by atoms with Crippen LogP contribution in [0, 0.1) is 11.3 Å². The molecule has 3 rings (SSSR count). The third-order valence-corrected chi connectivity index (χ3v) is 4.68. The zero-order valence-corrected chi connectivity index (χ0v) is 15.3. The van der Waals surface area contributed by atoms with Crippen LogP contribution in [0.5, 0.6) is 0 Å². The molecule has 2 aromatic carbocycles. The summed E-state index contributed by atoms with van der Waals surface area (Å²) in [5.41, 5.74) is 3.17. The first-order chi connectivity index (χ1) is 13.3. The lowest BCUT2D eigenvalue weighted by molar-refractivity contribution is -0.121. The zero-order valence-electron chi connectivity index (χ0n) is 15.3. The number of amides is 1. The van der Waals surface area contributed by atoms with Crippen LogP contribution in [0.4, 0.5) is 0 Å². The van der Waals surface area contributed by atoms with Crippen LogP contribution in [-0.2, 0) is 11.2 Å². The molecule has 0 radical (unpaired) electrons.